The summed E-state index contributed by atoms with van der Waals surface area (Å²) in [7, 11) is -6.20. The number of ether oxygens (including phenoxy) is 12. The van der Waals surface area contributed by atoms with E-state index in [1.807, 2.05) is 70.2 Å². The lowest BCUT2D eigenvalue weighted by Gasteiger charge is -2.30. The molecule has 2 aliphatic heterocycles. The fourth-order valence-electron chi connectivity index (χ4n) is 8.80. The highest BCUT2D eigenvalue weighted by atomic mass is 32.2. The summed E-state index contributed by atoms with van der Waals surface area (Å²) in [4.78, 5) is 13.1. The van der Waals surface area contributed by atoms with Crippen molar-refractivity contribution in [3.63, 3.8) is 0 Å². The van der Waals surface area contributed by atoms with Crippen LogP contribution >= 0.6 is 0 Å². The number of anilines is 1. The van der Waals surface area contributed by atoms with E-state index in [4.69, 9.17) is 61.3 Å². The molecule has 0 bridgehead atoms. The third-order valence-electron chi connectivity index (χ3n) is 13.1. The Morgan fingerprint density at radius 3 is 1.55 bits per heavy atom. The van der Waals surface area contributed by atoms with Crippen molar-refractivity contribution >= 4 is 38.0 Å². The average Bonchev–Trinajstić information content (AvgIpc) is 2.39. The maximum Gasteiger partial charge on any atom is 0.303 e. The van der Waals surface area contributed by atoms with Gasteiger partial charge in [-0.3, -0.25) is 4.79 Å². The lowest BCUT2D eigenvalue weighted by Crippen LogP contribution is -2.36. The van der Waals surface area contributed by atoms with Crippen molar-refractivity contribution in [1.82, 2.24) is 4.58 Å². The SMILES string of the molecule is COCCOCCOCCOCCOCCOCC[N+](CCOCCOCCOCCOCCOCCOC)=c1ccc2c(/C=C/C=C3\N(CCCS(=O)(=O)[O-])c4ccc(S(=O)(=O)[O-])cc4C3(C)CCCC(=O)O)cc(C(C)(C)C)oc-2c1. The van der Waals surface area contributed by atoms with Crippen molar-refractivity contribution < 1.29 is 97.1 Å². The van der Waals surface area contributed by atoms with Crippen molar-refractivity contribution in [3.05, 3.63) is 82.6 Å². The second-order valence-electron chi connectivity index (χ2n) is 20.5. The molecule has 2 heterocycles. The van der Waals surface area contributed by atoms with E-state index in [0.29, 0.717) is 187 Å². The van der Waals surface area contributed by atoms with Crippen LogP contribution in [0.1, 0.15) is 70.3 Å². The Morgan fingerprint density at radius 1 is 0.651 bits per heavy atom. The normalized spacial score (nSPS) is 15.4. The van der Waals surface area contributed by atoms with Gasteiger partial charge in [0, 0.05) is 66.8 Å². The lowest BCUT2D eigenvalue weighted by atomic mass is 9.77. The third kappa shape index (κ3) is 27.3. The van der Waals surface area contributed by atoms with Crippen molar-refractivity contribution in [2.24, 2.45) is 0 Å². The van der Waals surface area contributed by atoms with E-state index < -0.39 is 47.7 Å². The molecule has 0 fully saturated rings. The van der Waals surface area contributed by atoms with Crippen LogP contribution in [0.4, 0.5) is 5.69 Å². The Hall–Kier alpha value is -4.26. The molecule has 1 aromatic rings. The summed E-state index contributed by atoms with van der Waals surface area (Å²) in [6.07, 6.45) is 5.77. The monoisotopic (exact) mass is 1210 g/mol. The topological polar surface area (TPSA) is 282 Å². The summed E-state index contributed by atoms with van der Waals surface area (Å²) in [5, 5.41) is 10.4. The summed E-state index contributed by atoms with van der Waals surface area (Å²) in [5.74, 6) is -0.356. The van der Waals surface area contributed by atoms with Crippen LogP contribution < -0.4 is 14.8 Å². The number of carboxylic acid groups (broad SMARTS) is 1. The fourth-order valence-corrected chi connectivity index (χ4v) is 9.78. The largest absolute Gasteiger partial charge is 0.748 e. The smallest absolute Gasteiger partial charge is 0.303 e. The molecule has 0 saturated carbocycles. The van der Waals surface area contributed by atoms with E-state index >= 15 is 0 Å². The first-order valence-corrected chi connectivity index (χ1v) is 31.1. The second kappa shape index (κ2) is 38.7. The van der Waals surface area contributed by atoms with E-state index in [9.17, 15) is 35.8 Å². The van der Waals surface area contributed by atoms with Gasteiger partial charge >= 0.3 is 5.97 Å². The number of hydrogen-bond acceptors (Lipinski definition) is 21. The number of methoxy groups -OCH3 is 2. The zero-order valence-corrected chi connectivity index (χ0v) is 50.9. The van der Waals surface area contributed by atoms with Crippen LogP contribution in [0.15, 0.2) is 69.6 Å². The van der Waals surface area contributed by atoms with Crippen molar-refractivity contribution in [1.29, 1.82) is 0 Å². The number of carboxylic acids is 1. The molecule has 0 saturated heterocycles. The highest BCUT2D eigenvalue weighted by Gasteiger charge is 2.43. The minimum Gasteiger partial charge on any atom is -0.748 e. The molecule has 0 radical (unpaired) electrons. The predicted molar refractivity (Wildman–Crippen MR) is 308 cm³/mol. The Bertz CT molecular complexity index is 2630. The highest BCUT2D eigenvalue weighted by molar-refractivity contribution is 7.86. The van der Waals surface area contributed by atoms with Gasteiger partial charge in [0.1, 0.15) is 34.9 Å². The highest BCUT2D eigenvalue weighted by Crippen LogP contribution is 2.51. The van der Waals surface area contributed by atoms with Crippen molar-refractivity contribution in [2.75, 3.05) is 190 Å². The van der Waals surface area contributed by atoms with Gasteiger partial charge in [0.25, 0.3) is 0 Å². The Kier molecular flexibility index (Phi) is 33.2. The maximum atomic E-state index is 12.3. The number of hydrogen-bond donors (Lipinski definition) is 1. The summed E-state index contributed by atoms with van der Waals surface area (Å²) in [5.41, 5.74) is 1.72. The van der Waals surface area contributed by atoms with Crippen LogP contribution in [0.25, 0.3) is 17.4 Å². The van der Waals surface area contributed by atoms with Gasteiger partial charge in [-0.1, -0.05) is 32.9 Å². The molecule has 3 aliphatic rings. The van der Waals surface area contributed by atoms with Crippen LogP contribution in [-0.4, -0.2) is 222 Å². The minimum atomic E-state index is -4.88. The van der Waals surface area contributed by atoms with Gasteiger partial charge in [-0.25, -0.2) is 21.4 Å². The van der Waals surface area contributed by atoms with E-state index in [1.54, 1.807) is 19.1 Å². The number of carbonyl (C=O) groups is 1. The standard InChI is InChI=1S/C58H90N2O21S2/c1-57(2,3)55-44-47(10-7-11-54-58(4,17-8-12-56(61)62)51-46-49(83(66,67)68)14-16-52(51)60(54)18-9-43-82(63,64)65)50-15-13-48(45-53(50)81-55)59(19-21-71-27-29-75-35-37-79-41-39-77-33-31-73-25-23-69-5)20-22-72-28-30-76-36-38-80-42-40-78-34-32-74-26-24-70-6/h7,10-11,13-16,44-46H,8-9,12,17-43H2,1-6H3,(H2-,61,62,63,64,65,66,67,68)/p-1. The van der Waals surface area contributed by atoms with Gasteiger partial charge in [-0.05, 0) is 73.7 Å². The van der Waals surface area contributed by atoms with Gasteiger partial charge in [-0.2, -0.15) is 0 Å². The Morgan fingerprint density at radius 2 is 1.12 bits per heavy atom. The van der Waals surface area contributed by atoms with Crippen LogP contribution in [0, 0.1) is 0 Å². The van der Waals surface area contributed by atoms with Gasteiger partial charge < -0.3 is 80.4 Å². The summed E-state index contributed by atoms with van der Waals surface area (Å²) < 4.78 is 147. The molecule has 25 heteroatoms. The maximum absolute atomic E-state index is 12.3. The van der Waals surface area contributed by atoms with Gasteiger partial charge in [-0.15, -0.1) is 0 Å². The molecule has 470 valence electrons. The lowest BCUT2D eigenvalue weighted by molar-refractivity contribution is -0.137. The first-order valence-electron chi connectivity index (χ1n) is 28.1. The first-order chi connectivity index (χ1) is 39.8. The molecular formula is C58H89N2O21S2-. The molecule has 23 nitrogen and oxygen atoms in total. The van der Waals surface area contributed by atoms with E-state index in [-0.39, 0.29) is 32.2 Å². The fraction of sp³-hybridized carbons (Fsp3) is 0.655. The third-order valence-corrected chi connectivity index (χ3v) is 14.7. The number of allylic oxidation sites excluding steroid dienone is 3. The van der Waals surface area contributed by atoms with E-state index in [0.717, 1.165) is 16.5 Å². The molecule has 0 aromatic heterocycles. The number of rotatable bonds is 47. The molecule has 1 atom stereocenters. The molecule has 1 N–H and O–H groups in total. The van der Waals surface area contributed by atoms with Crippen LogP contribution in [0.3, 0.4) is 0 Å². The minimum absolute atomic E-state index is 0.0533. The predicted octanol–water partition coefficient (Wildman–Crippen LogP) is 4.68. The number of aliphatic carboxylic acids is 1. The average molecular weight is 1210 g/mol. The Labute approximate surface area is 490 Å². The molecular weight excluding hydrogens is 1120 g/mol. The summed E-state index contributed by atoms with van der Waals surface area (Å²) in [6, 6.07) is 11.9. The Balaban J connectivity index is 1.53. The summed E-state index contributed by atoms with van der Waals surface area (Å²) in [6.45, 7) is 18.9. The molecule has 1 aromatic carbocycles. The summed E-state index contributed by atoms with van der Waals surface area (Å²) >= 11 is 0. The van der Waals surface area contributed by atoms with Gasteiger partial charge in [0.15, 0.2) is 13.1 Å². The molecule has 1 aliphatic carbocycles. The molecule has 1 unspecified atom stereocenters. The molecule has 0 spiro atoms. The van der Waals surface area contributed by atoms with Crippen molar-refractivity contribution in [3.8, 4) is 11.3 Å². The second-order valence-corrected chi connectivity index (χ2v) is 23.4. The van der Waals surface area contributed by atoms with Gasteiger partial charge in [0.2, 0.25) is 5.36 Å². The zero-order chi connectivity index (χ0) is 60.4. The number of benzene rings is 2. The molecule has 0 amide bonds. The zero-order valence-electron chi connectivity index (χ0n) is 49.3. The van der Waals surface area contributed by atoms with Crippen LogP contribution in [0.2, 0.25) is 0 Å². The molecule has 4 rings (SSSR count). The first kappa shape index (κ1) is 71.2. The van der Waals surface area contributed by atoms with Gasteiger partial charge in [0.05, 0.1) is 153 Å². The number of nitrogens with zero attached hydrogens (tertiary/aromatic N) is 2. The van der Waals surface area contributed by atoms with Crippen molar-refractivity contribution in [2.45, 2.75) is 69.1 Å². The number of fused-ring (bicyclic) bond motifs is 2. The van der Waals surface area contributed by atoms with Crippen LogP contribution in [0.5, 0.6) is 0 Å². The van der Waals surface area contributed by atoms with Crippen LogP contribution in [-0.2, 0) is 92.7 Å². The van der Waals surface area contributed by atoms with E-state index in [2.05, 4.69) is 4.58 Å². The quantitative estimate of drug-likeness (QED) is 0.0456. The van der Waals surface area contributed by atoms with E-state index in [1.165, 1.54) is 18.2 Å². The molecule has 83 heavy (non-hydrogen) atoms.